The molecule has 0 saturated heterocycles. The van der Waals surface area contributed by atoms with Crippen molar-refractivity contribution < 1.29 is 14.4 Å². The highest BCUT2D eigenvalue weighted by atomic mass is 16.2. The van der Waals surface area contributed by atoms with Gasteiger partial charge < -0.3 is 20.9 Å². The Hall–Kier alpha value is -3.35. The number of nitrogens with zero attached hydrogens (tertiary/aromatic N) is 1. The van der Waals surface area contributed by atoms with E-state index in [-0.39, 0.29) is 24.3 Å². The van der Waals surface area contributed by atoms with E-state index in [1.807, 2.05) is 24.8 Å². The molecule has 30 heavy (non-hydrogen) atoms. The van der Waals surface area contributed by atoms with Gasteiger partial charge in [-0.1, -0.05) is 26.0 Å². The fraction of sp³-hybridized carbons (Fsp3) is 0.348. The van der Waals surface area contributed by atoms with E-state index in [0.29, 0.717) is 30.0 Å². The van der Waals surface area contributed by atoms with Crippen LogP contribution in [0.3, 0.4) is 0 Å². The Morgan fingerprint density at radius 3 is 2.07 bits per heavy atom. The molecule has 2 aromatic carbocycles. The molecule has 0 radical (unpaired) electrons. The molecule has 160 valence electrons. The monoisotopic (exact) mass is 410 g/mol. The maximum Gasteiger partial charge on any atom is 0.253 e. The lowest BCUT2D eigenvalue weighted by Crippen LogP contribution is -2.32. The lowest BCUT2D eigenvalue weighted by molar-refractivity contribution is -0.115. The number of hydrogen-bond donors (Lipinski definition) is 3. The van der Waals surface area contributed by atoms with E-state index in [4.69, 9.17) is 0 Å². The van der Waals surface area contributed by atoms with Crippen LogP contribution in [0.25, 0.3) is 0 Å². The van der Waals surface area contributed by atoms with E-state index in [1.165, 1.54) is 6.92 Å². The zero-order valence-corrected chi connectivity index (χ0v) is 17.8. The number of anilines is 3. The average Bonchev–Trinajstić information content (AvgIpc) is 2.71. The van der Waals surface area contributed by atoms with Crippen molar-refractivity contribution in [3.63, 3.8) is 0 Å². The Labute approximate surface area is 177 Å². The van der Waals surface area contributed by atoms with Crippen LogP contribution in [0.5, 0.6) is 0 Å². The summed E-state index contributed by atoms with van der Waals surface area (Å²) in [5.41, 5.74) is 2.51. The Bertz CT molecular complexity index is 876. The van der Waals surface area contributed by atoms with E-state index in [1.54, 1.807) is 42.5 Å². The fourth-order valence-electron chi connectivity index (χ4n) is 3.06. The van der Waals surface area contributed by atoms with Crippen molar-refractivity contribution >= 4 is 34.8 Å². The standard InChI is InChI=1S/C23H30N4O3/c1-4-12-27(13-5-2)23(30)18-8-6-10-20(14-18)26-22(29)16-24-19-9-7-11-21(15-19)25-17(3)28/h6-11,14-15,24H,4-5,12-13,16H2,1-3H3,(H,25,28)(H,26,29). The molecule has 2 aromatic rings. The number of rotatable bonds is 10. The lowest BCUT2D eigenvalue weighted by atomic mass is 10.1. The smallest absolute Gasteiger partial charge is 0.253 e. The van der Waals surface area contributed by atoms with Gasteiger partial charge in [0.25, 0.3) is 5.91 Å². The Morgan fingerprint density at radius 2 is 1.43 bits per heavy atom. The number of carbonyl (C=O) groups is 3. The maximum absolute atomic E-state index is 12.8. The predicted molar refractivity (Wildman–Crippen MR) is 121 cm³/mol. The van der Waals surface area contributed by atoms with Crippen molar-refractivity contribution in [2.24, 2.45) is 0 Å². The van der Waals surface area contributed by atoms with Crippen LogP contribution < -0.4 is 16.0 Å². The average molecular weight is 411 g/mol. The molecule has 0 aliphatic rings. The molecule has 0 fully saturated rings. The minimum Gasteiger partial charge on any atom is -0.376 e. The molecule has 7 nitrogen and oxygen atoms in total. The van der Waals surface area contributed by atoms with Gasteiger partial charge in [0, 0.05) is 42.6 Å². The highest BCUT2D eigenvalue weighted by Gasteiger charge is 2.15. The number of hydrogen-bond acceptors (Lipinski definition) is 4. The zero-order chi connectivity index (χ0) is 21.9. The molecular formula is C23H30N4O3. The molecule has 0 aromatic heterocycles. The number of carbonyl (C=O) groups excluding carboxylic acids is 3. The minimum atomic E-state index is -0.233. The highest BCUT2D eigenvalue weighted by molar-refractivity contribution is 5.98. The van der Waals surface area contributed by atoms with Crippen molar-refractivity contribution in [1.82, 2.24) is 4.90 Å². The second kappa shape index (κ2) is 11.6. The summed E-state index contributed by atoms with van der Waals surface area (Å²) in [6.07, 6.45) is 1.80. The molecule has 2 rings (SSSR count). The van der Waals surface area contributed by atoms with Crippen molar-refractivity contribution in [1.29, 1.82) is 0 Å². The molecule has 0 unspecified atom stereocenters. The summed E-state index contributed by atoms with van der Waals surface area (Å²) in [6, 6.07) is 14.1. The third-order valence-corrected chi connectivity index (χ3v) is 4.30. The summed E-state index contributed by atoms with van der Waals surface area (Å²) >= 11 is 0. The topological polar surface area (TPSA) is 90.5 Å². The van der Waals surface area contributed by atoms with Gasteiger partial charge in [-0.15, -0.1) is 0 Å². The number of nitrogens with one attached hydrogen (secondary N) is 3. The first-order chi connectivity index (χ1) is 14.4. The van der Waals surface area contributed by atoms with Gasteiger partial charge in [-0.05, 0) is 49.2 Å². The third-order valence-electron chi connectivity index (χ3n) is 4.30. The molecule has 0 aliphatic carbocycles. The molecule has 0 atom stereocenters. The molecule has 0 saturated carbocycles. The van der Waals surface area contributed by atoms with E-state index in [9.17, 15) is 14.4 Å². The second-order valence-corrected chi connectivity index (χ2v) is 7.04. The molecule has 0 spiro atoms. The van der Waals surface area contributed by atoms with Gasteiger partial charge in [-0.25, -0.2) is 0 Å². The van der Waals surface area contributed by atoms with E-state index in [0.717, 1.165) is 18.5 Å². The van der Waals surface area contributed by atoms with Crippen LogP contribution in [0.15, 0.2) is 48.5 Å². The molecule has 0 heterocycles. The Morgan fingerprint density at radius 1 is 0.833 bits per heavy atom. The Kier molecular flexibility index (Phi) is 8.87. The van der Waals surface area contributed by atoms with Crippen molar-refractivity contribution in [3.05, 3.63) is 54.1 Å². The van der Waals surface area contributed by atoms with Gasteiger partial charge >= 0.3 is 0 Å². The van der Waals surface area contributed by atoms with Gasteiger partial charge in [-0.2, -0.15) is 0 Å². The van der Waals surface area contributed by atoms with Gasteiger partial charge in [0.05, 0.1) is 6.54 Å². The van der Waals surface area contributed by atoms with Crippen molar-refractivity contribution in [2.45, 2.75) is 33.6 Å². The van der Waals surface area contributed by atoms with E-state index < -0.39 is 0 Å². The normalized spacial score (nSPS) is 10.2. The quantitative estimate of drug-likeness (QED) is 0.553. The van der Waals surface area contributed by atoms with Crippen LogP contribution in [0, 0.1) is 0 Å². The van der Waals surface area contributed by atoms with Crippen LogP contribution in [0.2, 0.25) is 0 Å². The third kappa shape index (κ3) is 7.24. The summed E-state index contributed by atoms with van der Waals surface area (Å²) in [4.78, 5) is 38.1. The first-order valence-electron chi connectivity index (χ1n) is 10.2. The number of benzene rings is 2. The number of amides is 3. The summed E-state index contributed by atoms with van der Waals surface area (Å²) in [6.45, 7) is 7.02. The van der Waals surface area contributed by atoms with Crippen LogP contribution in [0.4, 0.5) is 17.1 Å². The minimum absolute atomic E-state index is 0.0253. The van der Waals surface area contributed by atoms with Gasteiger partial charge in [0.2, 0.25) is 11.8 Å². The first kappa shape index (κ1) is 22.9. The summed E-state index contributed by atoms with van der Waals surface area (Å²) in [7, 11) is 0. The lowest BCUT2D eigenvalue weighted by Gasteiger charge is -2.21. The van der Waals surface area contributed by atoms with E-state index in [2.05, 4.69) is 16.0 Å². The van der Waals surface area contributed by atoms with Gasteiger partial charge in [0.15, 0.2) is 0 Å². The molecular weight excluding hydrogens is 380 g/mol. The SMILES string of the molecule is CCCN(CCC)C(=O)c1cccc(NC(=O)CNc2cccc(NC(C)=O)c2)c1. The zero-order valence-electron chi connectivity index (χ0n) is 17.8. The molecule has 7 heteroatoms. The molecule has 0 bridgehead atoms. The van der Waals surface area contributed by atoms with Crippen LogP contribution in [-0.4, -0.2) is 42.3 Å². The van der Waals surface area contributed by atoms with Crippen molar-refractivity contribution in [2.75, 3.05) is 35.6 Å². The molecule has 3 N–H and O–H groups in total. The molecule has 0 aliphatic heterocycles. The first-order valence-corrected chi connectivity index (χ1v) is 10.2. The van der Waals surface area contributed by atoms with Gasteiger partial charge in [-0.3, -0.25) is 14.4 Å². The predicted octanol–water partition coefficient (Wildman–Crippen LogP) is 3.96. The van der Waals surface area contributed by atoms with E-state index >= 15 is 0 Å². The molecule has 3 amide bonds. The van der Waals surface area contributed by atoms with Crippen LogP contribution >= 0.6 is 0 Å². The highest BCUT2D eigenvalue weighted by Crippen LogP contribution is 2.16. The summed E-state index contributed by atoms with van der Waals surface area (Å²) < 4.78 is 0. The summed E-state index contributed by atoms with van der Waals surface area (Å²) in [5, 5.41) is 8.55. The summed E-state index contributed by atoms with van der Waals surface area (Å²) in [5.74, 6) is -0.415. The van der Waals surface area contributed by atoms with Gasteiger partial charge in [0.1, 0.15) is 0 Å². The fourth-order valence-corrected chi connectivity index (χ4v) is 3.06. The van der Waals surface area contributed by atoms with Crippen LogP contribution in [0.1, 0.15) is 44.0 Å². The Balaban J connectivity index is 1.96. The second-order valence-electron chi connectivity index (χ2n) is 7.04. The van der Waals surface area contributed by atoms with Crippen molar-refractivity contribution in [3.8, 4) is 0 Å². The van der Waals surface area contributed by atoms with Crippen LogP contribution in [-0.2, 0) is 9.59 Å². The maximum atomic E-state index is 12.8. The largest absolute Gasteiger partial charge is 0.376 e.